The van der Waals surface area contributed by atoms with Gasteiger partial charge in [0.25, 0.3) is 0 Å². The highest BCUT2D eigenvalue weighted by Crippen LogP contribution is 2.30. The second-order valence-corrected chi connectivity index (χ2v) is 8.75. The summed E-state index contributed by atoms with van der Waals surface area (Å²) in [6.45, 7) is 4.24. The molecule has 2 saturated carbocycles. The molecule has 1 aromatic carbocycles. The van der Waals surface area contributed by atoms with E-state index in [1.54, 1.807) is 0 Å². The Labute approximate surface area is 173 Å². The molecule has 0 aliphatic heterocycles. The van der Waals surface area contributed by atoms with E-state index in [1.165, 1.54) is 6.42 Å². The van der Waals surface area contributed by atoms with Crippen LogP contribution in [0.2, 0.25) is 0 Å². The lowest BCUT2D eigenvalue weighted by Crippen LogP contribution is -2.51. The Morgan fingerprint density at radius 3 is 2.31 bits per heavy atom. The molecule has 0 radical (unpaired) electrons. The molecule has 0 saturated heterocycles. The number of amides is 3. The van der Waals surface area contributed by atoms with Gasteiger partial charge in [-0.1, -0.05) is 45.2 Å². The number of carbonyl (C=O) groups excluding carboxylic acids is 3. The average Bonchev–Trinajstić information content (AvgIpc) is 3.56. The minimum atomic E-state index is -0.540. The van der Waals surface area contributed by atoms with Crippen molar-refractivity contribution < 1.29 is 14.4 Å². The number of rotatable bonds is 8. The highest BCUT2D eigenvalue weighted by Gasteiger charge is 2.30. The lowest BCUT2D eigenvalue weighted by atomic mass is 9.88. The molecule has 158 valence electrons. The molecule has 1 atom stereocenters. The topological polar surface area (TPSA) is 87.3 Å². The molecule has 29 heavy (non-hydrogen) atoms. The maximum atomic E-state index is 12.7. The van der Waals surface area contributed by atoms with Crippen LogP contribution >= 0.6 is 0 Å². The Morgan fingerprint density at radius 1 is 0.966 bits per heavy atom. The molecule has 3 rings (SSSR count). The van der Waals surface area contributed by atoms with Crippen molar-refractivity contribution in [2.45, 2.75) is 71.4 Å². The molecule has 0 unspecified atom stereocenters. The molecule has 0 heterocycles. The Hall–Kier alpha value is -2.37. The zero-order valence-corrected chi connectivity index (χ0v) is 17.5. The predicted molar refractivity (Wildman–Crippen MR) is 113 cm³/mol. The molecule has 0 spiro atoms. The first-order valence-electron chi connectivity index (χ1n) is 10.9. The summed E-state index contributed by atoms with van der Waals surface area (Å²) in [6, 6.07) is 6.98. The fourth-order valence-electron chi connectivity index (χ4n) is 3.82. The van der Waals surface area contributed by atoms with E-state index in [4.69, 9.17) is 0 Å². The number of carbonyl (C=O) groups is 3. The number of hydrogen-bond acceptors (Lipinski definition) is 3. The van der Waals surface area contributed by atoms with Crippen LogP contribution in [0.3, 0.4) is 0 Å². The van der Waals surface area contributed by atoms with Gasteiger partial charge < -0.3 is 16.0 Å². The second kappa shape index (κ2) is 9.90. The van der Waals surface area contributed by atoms with E-state index >= 15 is 0 Å². The minimum absolute atomic E-state index is 0.00309. The van der Waals surface area contributed by atoms with Crippen LogP contribution in [0, 0.1) is 17.8 Å². The van der Waals surface area contributed by atoms with E-state index in [0.29, 0.717) is 6.54 Å². The van der Waals surface area contributed by atoms with Gasteiger partial charge in [-0.25, -0.2) is 0 Å². The molecular weight excluding hydrogens is 366 g/mol. The van der Waals surface area contributed by atoms with Crippen LogP contribution in [0.4, 0.5) is 5.69 Å². The van der Waals surface area contributed by atoms with Gasteiger partial charge >= 0.3 is 0 Å². The van der Waals surface area contributed by atoms with Gasteiger partial charge in [-0.3, -0.25) is 14.4 Å². The molecule has 6 nitrogen and oxygen atoms in total. The molecular formula is C23H33N3O3. The van der Waals surface area contributed by atoms with Crippen LogP contribution in [-0.2, 0) is 20.9 Å². The summed E-state index contributed by atoms with van der Waals surface area (Å²) in [5.41, 5.74) is 1.66. The van der Waals surface area contributed by atoms with Gasteiger partial charge in [-0.2, -0.15) is 0 Å². The first kappa shape index (κ1) is 21.3. The van der Waals surface area contributed by atoms with E-state index in [2.05, 4.69) is 16.0 Å². The maximum Gasteiger partial charge on any atom is 0.243 e. The van der Waals surface area contributed by atoms with E-state index in [-0.39, 0.29) is 35.5 Å². The van der Waals surface area contributed by atoms with Crippen LogP contribution in [-0.4, -0.2) is 23.8 Å². The van der Waals surface area contributed by atoms with Crippen LogP contribution in [0.15, 0.2) is 24.3 Å². The monoisotopic (exact) mass is 399 g/mol. The molecule has 3 amide bonds. The van der Waals surface area contributed by atoms with Gasteiger partial charge in [0, 0.05) is 24.1 Å². The smallest absolute Gasteiger partial charge is 0.243 e. The van der Waals surface area contributed by atoms with E-state index in [9.17, 15) is 14.4 Å². The van der Waals surface area contributed by atoms with Gasteiger partial charge in [-0.15, -0.1) is 0 Å². The summed E-state index contributed by atoms with van der Waals surface area (Å²) in [5.74, 6) is 0.0885. The molecule has 2 aliphatic rings. The Morgan fingerprint density at radius 2 is 1.66 bits per heavy atom. The zero-order chi connectivity index (χ0) is 20.8. The zero-order valence-electron chi connectivity index (χ0n) is 17.5. The van der Waals surface area contributed by atoms with Gasteiger partial charge in [0.2, 0.25) is 17.7 Å². The Bertz CT molecular complexity index is 737. The summed E-state index contributed by atoms with van der Waals surface area (Å²) in [6.07, 6.45) is 7.12. The van der Waals surface area contributed by atoms with Gasteiger partial charge in [0.15, 0.2) is 0 Å². The summed E-state index contributed by atoms with van der Waals surface area (Å²) >= 11 is 0. The van der Waals surface area contributed by atoms with Crippen molar-refractivity contribution in [1.29, 1.82) is 0 Å². The Kier molecular flexibility index (Phi) is 7.29. The molecule has 2 fully saturated rings. The minimum Gasteiger partial charge on any atom is -0.350 e. The molecule has 3 N–H and O–H groups in total. The third-order valence-corrected chi connectivity index (χ3v) is 5.83. The van der Waals surface area contributed by atoms with Gasteiger partial charge in [0.1, 0.15) is 6.04 Å². The maximum absolute atomic E-state index is 12.7. The van der Waals surface area contributed by atoms with Crippen molar-refractivity contribution in [2.75, 3.05) is 5.32 Å². The number of nitrogens with one attached hydrogen (secondary N) is 3. The highest BCUT2D eigenvalue weighted by atomic mass is 16.2. The Balaban J connectivity index is 1.53. The molecule has 0 bridgehead atoms. The van der Waals surface area contributed by atoms with Crippen LogP contribution in [0.1, 0.15) is 64.4 Å². The highest BCUT2D eigenvalue weighted by molar-refractivity contribution is 5.94. The quantitative estimate of drug-likeness (QED) is 0.626. The number of hydrogen-bond donors (Lipinski definition) is 3. The molecule has 1 aromatic rings. The summed E-state index contributed by atoms with van der Waals surface area (Å²) in [5, 5.41) is 8.84. The summed E-state index contributed by atoms with van der Waals surface area (Å²) in [7, 11) is 0. The van der Waals surface area contributed by atoms with Crippen molar-refractivity contribution in [2.24, 2.45) is 17.8 Å². The van der Waals surface area contributed by atoms with Crippen molar-refractivity contribution in [3.63, 3.8) is 0 Å². The van der Waals surface area contributed by atoms with Crippen LogP contribution in [0.25, 0.3) is 0 Å². The van der Waals surface area contributed by atoms with Crippen molar-refractivity contribution in [3.05, 3.63) is 29.8 Å². The largest absolute Gasteiger partial charge is 0.350 e. The second-order valence-electron chi connectivity index (χ2n) is 8.75. The van der Waals surface area contributed by atoms with E-state index < -0.39 is 6.04 Å². The fourth-order valence-corrected chi connectivity index (χ4v) is 3.82. The SMILES string of the molecule is CC(C)[C@@H](NC(=O)C1CCCCC1)C(=O)NCc1cccc(NC(=O)C2CC2)c1. The van der Waals surface area contributed by atoms with Gasteiger partial charge in [-0.05, 0) is 49.3 Å². The summed E-state index contributed by atoms with van der Waals surface area (Å²) < 4.78 is 0. The molecule has 0 aromatic heterocycles. The first-order valence-corrected chi connectivity index (χ1v) is 10.9. The predicted octanol–water partition coefficient (Wildman–Crippen LogP) is 3.37. The van der Waals surface area contributed by atoms with Crippen molar-refractivity contribution >= 4 is 23.4 Å². The average molecular weight is 400 g/mol. The standard InChI is InChI=1S/C23H33N3O3/c1-15(2)20(26-22(28)17-8-4-3-5-9-17)23(29)24-14-16-7-6-10-19(13-16)25-21(27)18-11-12-18/h6-7,10,13,15,17-18,20H,3-5,8-9,11-12,14H2,1-2H3,(H,24,29)(H,25,27)(H,26,28)/t20-/m1/s1. The third kappa shape index (κ3) is 6.31. The number of anilines is 1. The summed E-state index contributed by atoms with van der Waals surface area (Å²) in [4.78, 5) is 37.2. The van der Waals surface area contributed by atoms with Gasteiger partial charge in [0.05, 0.1) is 0 Å². The molecule has 2 aliphatic carbocycles. The van der Waals surface area contributed by atoms with Crippen molar-refractivity contribution in [3.8, 4) is 0 Å². The lowest BCUT2D eigenvalue weighted by Gasteiger charge is -2.26. The van der Waals surface area contributed by atoms with E-state index in [0.717, 1.165) is 49.8 Å². The number of benzene rings is 1. The normalized spacial score (nSPS) is 18.2. The van der Waals surface area contributed by atoms with Crippen LogP contribution in [0.5, 0.6) is 0 Å². The molecule has 6 heteroatoms. The van der Waals surface area contributed by atoms with E-state index in [1.807, 2.05) is 38.1 Å². The lowest BCUT2D eigenvalue weighted by molar-refractivity contribution is -0.132. The van der Waals surface area contributed by atoms with Crippen molar-refractivity contribution in [1.82, 2.24) is 10.6 Å². The van der Waals surface area contributed by atoms with Crippen LogP contribution < -0.4 is 16.0 Å². The third-order valence-electron chi connectivity index (χ3n) is 5.83. The fraction of sp³-hybridized carbons (Fsp3) is 0.609. The first-order chi connectivity index (χ1) is 13.9.